The maximum Gasteiger partial charge on any atom is 0.138 e. The summed E-state index contributed by atoms with van der Waals surface area (Å²) in [7, 11) is 1.96. The van der Waals surface area contributed by atoms with E-state index in [1.807, 2.05) is 34.0 Å². The molecule has 0 saturated heterocycles. The van der Waals surface area contributed by atoms with Crippen molar-refractivity contribution in [3.8, 4) is 5.75 Å². The third kappa shape index (κ3) is 5.10. The van der Waals surface area contributed by atoms with Gasteiger partial charge in [0.2, 0.25) is 0 Å². The second-order valence-electron chi connectivity index (χ2n) is 5.17. The molecule has 0 amide bonds. The summed E-state index contributed by atoms with van der Waals surface area (Å²) in [5.41, 5.74) is 1.11. The Morgan fingerprint density at radius 2 is 2.00 bits per heavy atom. The average molecular weight is 280 g/mol. The average Bonchev–Trinajstić information content (AvgIpc) is 2.40. The van der Waals surface area contributed by atoms with Crippen LogP contribution < -0.4 is 10.1 Å². The Morgan fingerprint density at radius 3 is 2.55 bits per heavy atom. The van der Waals surface area contributed by atoms with Crippen molar-refractivity contribution < 1.29 is 9.47 Å². The molecule has 114 valence electrons. The Labute approximate surface area is 122 Å². The first-order valence-electron chi connectivity index (χ1n) is 7.52. The standard InChI is InChI=1S/C16H28N2O2/c1-6-8-15(19-7-2)16(17-5)13-9-14(11-18-10-13)20-12(3)4/h9-12,15-17H,6-8H2,1-5H3. The molecule has 1 aromatic heterocycles. The van der Waals surface area contributed by atoms with Gasteiger partial charge in [0.25, 0.3) is 0 Å². The van der Waals surface area contributed by atoms with E-state index in [-0.39, 0.29) is 18.2 Å². The minimum absolute atomic E-state index is 0.137. The zero-order valence-corrected chi connectivity index (χ0v) is 13.3. The first-order valence-corrected chi connectivity index (χ1v) is 7.52. The van der Waals surface area contributed by atoms with Crippen LogP contribution in [0.15, 0.2) is 18.5 Å². The zero-order valence-electron chi connectivity index (χ0n) is 13.3. The zero-order chi connectivity index (χ0) is 15.0. The number of pyridine rings is 1. The third-order valence-electron chi connectivity index (χ3n) is 3.10. The SMILES string of the molecule is CCCC(OCC)C(NC)c1cncc(OC(C)C)c1. The van der Waals surface area contributed by atoms with Crippen LogP contribution in [0.4, 0.5) is 0 Å². The second kappa shape index (κ2) is 8.93. The molecular formula is C16H28N2O2. The van der Waals surface area contributed by atoms with Crippen LogP contribution in [0.25, 0.3) is 0 Å². The Kier molecular flexibility index (Phi) is 7.55. The topological polar surface area (TPSA) is 43.4 Å². The second-order valence-corrected chi connectivity index (χ2v) is 5.17. The van der Waals surface area contributed by atoms with Gasteiger partial charge in [-0.15, -0.1) is 0 Å². The van der Waals surface area contributed by atoms with Gasteiger partial charge in [-0.25, -0.2) is 0 Å². The van der Waals surface area contributed by atoms with Gasteiger partial charge in [0.15, 0.2) is 0 Å². The van der Waals surface area contributed by atoms with Crippen molar-refractivity contribution in [2.75, 3.05) is 13.7 Å². The number of hydrogen-bond donors (Lipinski definition) is 1. The van der Waals surface area contributed by atoms with E-state index in [0.717, 1.165) is 30.8 Å². The van der Waals surface area contributed by atoms with E-state index in [2.05, 4.69) is 23.3 Å². The fourth-order valence-corrected chi connectivity index (χ4v) is 2.35. The minimum atomic E-state index is 0.137. The third-order valence-corrected chi connectivity index (χ3v) is 3.10. The van der Waals surface area contributed by atoms with Gasteiger partial charge in [-0.2, -0.15) is 0 Å². The first kappa shape index (κ1) is 16.9. The van der Waals surface area contributed by atoms with Crippen LogP contribution in [0.5, 0.6) is 5.75 Å². The van der Waals surface area contributed by atoms with Gasteiger partial charge in [0.05, 0.1) is 24.4 Å². The van der Waals surface area contributed by atoms with E-state index in [0.29, 0.717) is 0 Å². The molecule has 0 fully saturated rings. The predicted molar refractivity (Wildman–Crippen MR) is 82.1 cm³/mol. The van der Waals surface area contributed by atoms with Crippen LogP contribution in [0, 0.1) is 0 Å². The van der Waals surface area contributed by atoms with Gasteiger partial charge < -0.3 is 14.8 Å². The van der Waals surface area contributed by atoms with Crippen molar-refractivity contribution in [2.45, 2.75) is 58.8 Å². The molecule has 0 aliphatic rings. The molecule has 4 heteroatoms. The molecular weight excluding hydrogens is 252 g/mol. The molecule has 1 rings (SSSR count). The highest BCUT2D eigenvalue weighted by Crippen LogP contribution is 2.25. The smallest absolute Gasteiger partial charge is 0.138 e. The maximum absolute atomic E-state index is 5.88. The van der Waals surface area contributed by atoms with E-state index in [1.165, 1.54) is 0 Å². The summed E-state index contributed by atoms with van der Waals surface area (Å²) in [4.78, 5) is 4.29. The van der Waals surface area contributed by atoms with Crippen LogP contribution in [0.2, 0.25) is 0 Å². The van der Waals surface area contributed by atoms with Crippen molar-refractivity contribution in [3.63, 3.8) is 0 Å². The summed E-state index contributed by atoms with van der Waals surface area (Å²) in [5.74, 6) is 0.810. The van der Waals surface area contributed by atoms with Gasteiger partial charge in [0.1, 0.15) is 5.75 Å². The fourth-order valence-electron chi connectivity index (χ4n) is 2.35. The van der Waals surface area contributed by atoms with E-state index >= 15 is 0 Å². The monoisotopic (exact) mass is 280 g/mol. The lowest BCUT2D eigenvalue weighted by Crippen LogP contribution is -2.32. The van der Waals surface area contributed by atoms with Crippen LogP contribution in [-0.4, -0.2) is 30.8 Å². The van der Waals surface area contributed by atoms with E-state index < -0.39 is 0 Å². The van der Waals surface area contributed by atoms with Crippen molar-refractivity contribution in [1.29, 1.82) is 0 Å². The molecule has 4 nitrogen and oxygen atoms in total. The van der Waals surface area contributed by atoms with Crippen molar-refractivity contribution >= 4 is 0 Å². The molecule has 0 aromatic carbocycles. The van der Waals surface area contributed by atoms with Gasteiger partial charge in [-0.1, -0.05) is 13.3 Å². The van der Waals surface area contributed by atoms with Crippen LogP contribution >= 0.6 is 0 Å². The number of ether oxygens (including phenoxy) is 2. The predicted octanol–water partition coefficient (Wildman–Crippen LogP) is 3.33. The lowest BCUT2D eigenvalue weighted by Gasteiger charge is -2.27. The summed E-state index contributed by atoms with van der Waals surface area (Å²) in [6.07, 6.45) is 6.07. The molecule has 0 aliphatic heterocycles. The Bertz CT molecular complexity index is 376. The number of nitrogens with zero attached hydrogens (tertiary/aromatic N) is 1. The molecule has 2 atom stereocenters. The van der Waals surface area contributed by atoms with Crippen molar-refractivity contribution in [3.05, 3.63) is 24.0 Å². The summed E-state index contributed by atoms with van der Waals surface area (Å²) >= 11 is 0. The molecule has 1 N–H and O–H groups in total. The molecule has 20 heavy (non-hydrogen) atoms. The molecule has 0 saturated carbocycles. The molecule has 2 unspecified atom stereocenters. The number of rotatable bonds is 9. The number of nitrogens with one attached hydrogen (secondary N) is 1. The Morgan fingerprint density at radius 1 is 1.25 bits per heavy atom. The molecule has 1 heterocycles. The van der Waals surface area contributed by atoms with Gasteiger partial charge in [-0.3, -0.25) is 4.98 Å². The number of likely N-dealkylation sites (N-methyl/N-ethyl adjacent to an activating group) is 1. The normalized spacial score (nSPS) is 14.3. The largest absolute Gasteiger partial charge is 0.489 e. The summed E-state index contributed by atoms with van der Waals surface area (Å²) < 4.78 is 11.6. The van der Waals surface area contributed by atoms with Crippen LogP contribution in [-0.2, 0) is 4.74 Å². The molecule has 0 spiro atoms. The fraction of sp³-hybridized carbons (Fsp3) is 0.688. The molecule has 0 radical (unpaired) electrons. The Balaban J connectivity index is 2.91. The molecule has 0 aliphatic carbocycles. The number of hydrogen-bond acceptors (Lipinski definition) is 4. The highest BCUT2D eigenvalue weighted by atomic mass is 16.5. The molecule has 0 bridgehead atoms. The van der Waals surface area contributed by atoms with Crippen molar-refractivity contribution in [2.24, 2.45) is 0 Å². The summed E-state index contributed by atoms with van der Waals surface area (Å²) in [5, 5.41) is 3.35. The first-order chi connectivity index (χ1) is 9.62. The van der Waals surface area contributed by atoms with Gasteiger partial charge in [0, 0.05) is 12.8 Å². The van der Waals surface area contributed by atoms with E-state index in [9.17, 15) is 0 Å². The molecule has 1 aromatic rings. The highest BCUT2D eigenvalue weighted by Gasteiger charge is 2.22. The lowest BCUT2D eigenvalue weighted by atomic mass is 9.99. The van der Waals surface area contributed by atoms with E-state index in [1.54, 1.807) is 6.20 Å². The summed E-state index contributed by atoms with van der Waals surface area (Å²) in [6, 6.07) is 2.19. The quantitative estimate of drug-likeness (QED) is 0.753. The van der Waals surface area contributed by atoms with E-state index in [4.69, 9.17) is 9.47 Å². The van der Waals surface area contributed by atoms with Gasteiger partial charge >= 0.3 is 0 Å². The lowest BCUT2D eigenvalue weighted by molar-refractivity contribution is 0.0294. The number of aromatic nitrogens is 1. The van der Waals surface area contributed by atoms with Gasteiger partial charge in [-0.05, 0) is 45.9 Å². The van der Waals surface area contributed by atoms with Crippen LogP contribution in [0.1, 0.15) is 52.1 Å². The summed E-state index contributed by atoms with van der Waals surface area (Å²) in [6.45, 7) is 8.96. The maximum atomic E-state index is 5.88. The van der Waals surface area contributed by atoms with Crippen molar-refractivity contribution in [1.82, 2.24) is 10.3 Å². The Hall–Kier alpha value is -1.13. The highest BCUT2D eigenvalue weighted by molar-refractivity contribution is 5.27. The minimum Gasteiger partial charge on any atom is -0.489 e. The van der Waals surface area contributed by atoms with Crippen LogP contribution in [0.3, 0.4) is 0 Å².